The van der Waals surface area contributed by atoms with Crippen molar-refractivity contribution in [2.75, 3.05) is 13.1 Å². The van der Waals surface area contributed by atoms with Crippen LogP contribution in [0.5, 0.6) is 0 Å². The van der Waals surface area contributed by atoms with E-state index in [1.807, 2.05) is 60.7 Å². The van der Waals surface area contributed by atoms with Gasteiger partial charge in [0.1, 0.15) is 17.4 Å². The van der Waals surface area contributed by atoms with Crippen LogP contribution in [0.4, 0.5) is 0 Å². The zero-order valence-electron chi connectivity index (χ0n) is 19.7. The minimum Gasteiger partial charge on any atom is -0.456 e. The number of furan rings is 1. The summed E-state index contributed by atoms with van der Waals surface area (Å²) in [6.45, 7) is 3.09. The van der Waals surface area contributed by atoms with Crippen molar-refractivity contribution in [3.63, 3.8) is 0 Å². The van der Waals surface area contributed by atoms with Crippen LogP contribution in [-0.2, 0) is 6.54 Å². The molecule has 0 amide bonds. The van der Waals surface area contributed by atoms with E-state index >= 15 is 0 Å². The first kappa shape index (κ1) is 22.8. The van der Waals surface area contributed by atoms with Gasteiger partial charge >= 0.3 is 0 Å². The van der Waals surface area contributed by atoms with E-state index in [1.54, 1.807) is 0 Å². The lowest BCUT2D eigenvalue weighted by Gasteiger charge is -2.33. The van der Waals surface area contributed by atoms with E-state index in [0.29, 0.717) is 11.9 Å². The largest absolute Gasteiger partial charge is 0.456 e. The summed E-state index contributed by atoms with van der Waals surface area (Å²) in [5, 5.41) is 19.3. The number of hydrogen-bond donors (Lipinski definition) is 3. The van der Waals surface area contributed by atoms with Gasteiger partial charge in [-0.05, 0) is 36.1 Å². The quantitative estimate of drug-likeness (QED) is 0.226. The fourth-order valence-electron chi connectivity index (χ4n) is 4.56. The lowest BCUT2D eigenvalue weighted by molar-refractivity contribution is 0.199. The molecule has 2 heterocycles. The maximum absolute atomic E-state index is 8.56. The molecular weight excluding hydrogens is 432 g/mol. The molecule has 3 aromatic carbocycles. The van der Waals surface area contributed by atoms with Gasteiger partial charge in [-0.3, -0.25) is 10.3 Å². The highest BCUT2D eigenvalue weighted by Gasteiger charge is 2.20. The first-order valence-electron chi connectivity index (χ1n) is 12.1. The smallest absolute Gasteiger partial charge is 0.134 e. The molecule has 1 aliphatic heterocycles. The van der Waals surface area contributed by atoms with Gasteiger partial charge in [0.15, 0.2) is 0 Å². The van der Waals surface area contributed by atoms with Crippen LogP contribution in [0.25, 0.3) is 22.6 Å². The van der Waals surface area contributed by atoms with Gasteiger partial charge in [0.25, 0.3) is 0 Å². The molecule has 0 saturated carbocycles. The average molecular weight is 463 g/mol. The molecule has 5 rings (SSSR count). The van der Waals surface area contributed by atoms with Gasteiger partial charge in [0, 0.05) is 48.6 Å². The summed E-state index contributed by atoms with van der Waals surface area (Å²) in [5.41, 5.74) is 5.08. The minimum atomic E-state index is 0.334. The van der Waals surface area contributed by atoms with E-state index in [-0.39, 0.29) is 0 Å². The maximum Gasteiger partial charge on any atom is 0.134 e. The van der Waals surface area contributed by atoms with Crippen LogP contribution >= 0.6 is 0 Å². The van der Waals surface area contributed by atoms with Crippen molar-refractivity contribution in [2.24, 2.45) is 0 Å². The summed E-state index contributed by atoms with van der Waals surface area (Å²) in [4.78, 5) is 2.49. The standard InChI is InChI=1S/C30H30N4O/c31-20-22-6-8-24(9-7-22)28-14-15-29(35-28)25-10-12-26(13-11-25)30(32)33-27-16-18-34(19-17-27)21-23-4-2-1-3-5-23/h1-15,20,27,31H,16-19,21H2,(H2,32,33). The summed E-state index contributed by atoms with van der Waals surface area (Å²) < 4.78 is 6.07. The molecule has 0 spiro atoms. The van der Waals surface area contributed by atoms with Gasteiger partial charge in [-0.25, -0.2) is 0 Å². The second kappa shape index (κ2) is 10.5. The molecule has 0 aliphatic carbocycles. The predicted octanol–water partition coefficient (Wildman–Crippen LogP) is 6.19. The summed E-state index contributed by atoms with van der Waals surface area (Å²) in [5.74, 6) is 2.08. The van der Waals surface area contributed by atoms with E-state index in [4.69, 9.17) is 15.2 Å². The number of likely N-dealkylation sites (tertiary alicyclic amines) is 1. The minimum absolute atomic E-state index is 0.334. The number of nitrogens with zero attached hydrogens (tertiary/aromatic N) is 1. The van der Waals surface area contributed by atoms with Crippen molar-refractivity contribution >= 4 is 12.1 Å². The summed E-state index contributed by atoms with van der Waals surface area (Å²) in [6.07, 6.45) is 3.42. The first-order valence-corrected chi connectivity index (χ1v) is 12.1. The highest BCUT2D eigenvalue weighted by atomic mass is 16.3. The van der Waals surface area contributed by atoms with E-state index in [0.717, 1.165) is 66.3 Å². The lowest BCUT2D eigenvalue weighted by Crippen LogP contribution is -2.44. The van der Waals surface area contributed by atoms with E-state index in [9.17, 15) is 0 Å². The number of rotatable bonds is 7. The van der Waals surface area contributed by atoms with E-state index in [2.05, 4.69) is 40.5 Å². The van der Waals surface area contributed by atoms with Gasteiger partial charge in [-0.1, -0.05) is 78.9 Å². The van der Waals surface area contributed by atoms with Crippen LogP contribution in [-0.4, -0.2) is 36.1 Å². The van der Waals surface area contributed by atoms with Crippen LogP contribution in [0.2, 0.25) is 0 Å². The number of benzene rings is 3. The SMILES string of the molecule is N=Cc1ccc(-c2ccc(-c3ccc(C(=N)NC4CCN(Cc5ccccc5)CC4)cc3)o2)cc1. The van der Waals surface area contributed by atoms with Crippen LogP contribution in [0.3, 0.4) is 0 Å². The Morgan fingerprint density at radius 3 is 2.03 bits per heavy atom. The molecule has 0 bridgehead atoms. The Morgan fingerprint density at radius 2 is 1.43 bits per heavy atom. The second-order valence-corrected chi connectivity index (χ2v) is 9.06. The third kappa shape index (κ3) is 5.58. The van der Waals surface area contributed by atoms with Crippen LogP contribution < -0.4 is 5.32 Å². The maximum atomic E-state index is 8.56. The number of nitrogens with one attached hydrogen (secondary N) is 3. The highest BCUT2D eigenvalue weighted by molar-refractivity contribution is 5.96. The molecule has 1 aliphatic rings. The van der Waals surface area contributed by atoms with Gasteiger partial charge in [-0.15, -0.1) is 0 Å². The number of amidine groups is 1. The van der Waals surface area contributed by atoms with Crippen molar-refractivity contribution in [2.45, 2.75) is 25.4 Å². The Hall–Kier alpha value is -3.96. The van der Waals surface area contributed by atoms with E-state index in [1.165, 1.54) is 11.8 Å². The Morgan fingerprint density at radius 1 is 0.829 bits per heavy atom. The molecule has 176 valence electrons. The summed E-state index contributed by atoms with van der Waals surface area (Å²) in [7, 11) is 0. The van der Waals surface area contributed by atoms with E-state index < -0.39 is 0 Å². The van der Waals surface area contributed by atoms with Crippen LogP contribution in [0.1, 0.15) is 29.5 Å². The molecule has 1 fully saturated rings. The lowest BCUT2D eigenvalue weighted by atomic mass is 10.0. The molecule has 5 nitrogen and oxygen atoms in total. The summed E-state index contributed by atoms with van der Waals surface area (Å²) >= 11 is 0. The third-order valence-corrected chi connectivity index (χ3v) is 6.61. The normalized spacial score (nSPS) is 14.5. The van der Waals surface area contributed by atoms with Crippen molar-refractivity contribution < 1.29 is 4.42 Å². The Balaban J connectivity index is 1.15. The monoisotopic (exact) mass is 462 g/mol. The molecule has 4 aromatic rings. The molecular formula is C30H30N4O. The third-order valence-electron chi connectivity index (χ3n) is 6.61. The fraction of sp³-hybridized carbons (Fsp3) is 0.200. The molecule has 5 heteroatoms. The molecule has 0 atom stereocenters. The number of hydrogen-bond acceptors (Lipinski definition) is 4. The Kier molecular flexibility index (Phi) is 6.87. The van der Waals surface area contributed by atoms with Gasteiger partial charge in [0.2, 0.25) is 0 Å². The van der Waals surface area contributed by atoms with Crippen molar-refractivity contribution in [3.05, 3.63) is 108 Å². The van der Waals surface area contributed by atoms with Gasteiger partial charge in [-0.2, -0.15) is 0 Å². The zero-order valence-corrected chi connectivity index (χ0v) is 19.7. The van der Waals surface area contributed by atoms with Crippen molar-refractivity contribution in [1.29, 1.82) is 10.8 Å². The Bertz CT molecular complexity index is 1270. The average Bonchev–Trinajstić information content (AvgIpc) is 3.41. The van der Waals surface area contributed by atoms with Crippen molar-refractivity contribution in [3.8, 4) is 22.6 Å². The summed E-state index contributed by atoms with van der Waals surface area (Å²) in [6, 6.07) is 30.6. The van der Waals surface area contributed by atoms with Crippen molar-refractivity contribution in [1.82, 2.24) is 10.2 Å². The Labute approximate surface area is 206 Å². The fourth-order valence-corrected chi connectivity index (χ4v) is 4.56. The second-order valence-electron chi connectivity index (χ2n) is 9.06. The molecule has 35 heavy (non-hydrogen) atoms. The molecule has 0 unspecified atom stereocenters. The first-order chi connectivity index (χ1) is 17.2. The molecule has 0 radical (unpaired) electrons. The molecule has 3 N–H and O–H groups in total. The molecule has 1 saturated heterocycles. The predicted molar refractivity (Wildman–Crippen MR) is 142 cm³/mol. The van der Waals surface area contributed by atoms with Gasteiger partial charge in [0.05, 0.1) is 0 Å². The van der Waals surface area contributed by atoms with Crippen LogP contribution in [0.15, 0.2) is 95.4 Å². The topological polar surface area (TPSA) is 76.1 Å². The highest BCUT2D eigenvalue weighted by Crippen LogP contribution is 2.29. The van der Waals surface area contributed by atoms with Gasteiger partial charge < -0.3 is 15.1 Å². The number of piperidine rings is 1. The van der Waals surface area contributed by atoms with Crippen LogP contribution in [0, 0.1) is 10.8 Å². The molecule has 1 aromatic heterocycles. The zero-order chi connectivity index (χ0) is 24.0.